The average Bonchev–Trinajstić information content (AvgIpc) is 3.17. The third-order valence-electron chi connectivity index (χ3n) is 5.33. The summed E-state index contributed by atoms with van der Waals surface area (Å²) < 4.78 is 40.5. The average molecular weight is 417 g/mol. The Bertz CT molecular complexity index is 1010. The number of rotatable bonds is 5. The summed E-state index contributed by atoms with van der Waals surface area (Å²) in [7, 11) is 0. The van der Waals surface area contributed by atoms with Crippen LogP contribution in [0.1, 0.15) is 24.0 Å². The summed E-state index contributed by atoms with van der Waals surface area (Å²) >= 11 is 0. The first-order chi connectivity index (χ1) is 14.4. The molecule has 1 amide bonds. The zero-order chi connectivity index (χ0) is 21.1. The number of carbonyl (C=O) groups is 1. The number of amides is 1. The second kappa shape index (κ2) is 8.33. The number of hydrogen-bond acceptors (Lipinski definition) is 4. The Labute approximate surface area is 171 Å². The molecule has 158 valence electrons. The Hall–Kier alpha value is -3.10. The van der Waals surface area contributed by atoms with Crippen molar-refractivity contribution in [2.45, 2.75) is 25.4 Å². The lowest BCUT2D eigenvalue weighted by Crippen LogP contribution is -2.49. The SMILES string of the molecule is O=C(CCCc1ccccc1)N1CCN(c2nnc3ccc(C(F)(F)F)cn23)CC1. The van der Waals surface area contributed by atoms with Crippen molar-refractivity contribution >= 4 is 17.5 Å². The number of aryl methyl sites for hydroxylation is 1. The molecule has 3 heterocycles. The molecule has 0 atom stereocenters. The normalized spacial score (nSPS) is 15.0. The van der Waals surface area contributed by atoms with Crippen LogP contribution in [0.2, 0.25) is 0 Å². The third-order valence-corrected chi connectivity index (χ3v) is 5.33. The molecular formula is C21H22F3N5O. The van der Waals surface area contributed by atoms with Crippen molar-refractivity contribution in [1.29, 1.82) is 0 Å². The minimum absolute atomic E-state index is 0.107. The van der Waals surface area contributed by atoms with Crippen molar-refractivity contribution in [2.24, 2.45) is 0 Å². The molecule has 6 nitrogen and oxygen atoms in total. The zero-order valence-corrected chi connectivity index (χ0v) is 16.3. The van der Waals surface area contributed by atoms with Gasteiger partial charge < -0.3 is 9.80 Å². The third kappa shape index (κ3) is 4.39. The van der Waals surface area contributed by atoms with E-state index in [0.29, 0.717) is 44.2 Å². The number of aromatic nitrogens is 3. The summed E-state index contributed by atoms with van der Waals surface area (Å²) in [6.45, 7) is 2.03. The van der Waals surface area contributed by atoms with E-state index in [2.05, 4.69) is 22.3 Å². The molecule has 1 aliphatic rings. The van der Waals surface area contributed by atoms with Crippen molar-refractivity contribution in [3.63, 3.8) is 0 Å². The fourth-order valence-corrected chi connectivity index (χ4v) is 3.66. The van der Waals surface area contributed by atoms with Crippen LogP contribution in [0.5, 0.6) is 0 Å². The molecule has 0 aliphatic carbocycles. The predicted octanol–water partition coefficient (Wildman–Crippen LogP) is 3.42. The smallest absolute Gasteiger partial charge is 0.339 e. The lowest BCUT2D eigenvalue weighted by molar-refractivity contribution is -0.138. The molecule has 9 heteroatoms. The van der Waals surface area contributed by atoms with Crippen molar-refractivity contribution in [2.75, 3.05) is 31.1 Å². The molecule has 3 aromatic rings. The van der Waals surface area contributed by atoms with Gasteiger partial charge in [0.05, 0.1) is 5.56 Å². The van der Waals surface area contributed by atoms with Gasteiger partial charge in [-0.15, -0.1) is 10.2 Å². The number of anilines is 1. The van der Waals surface area contributed by atoms with Crippen LogP contribution in [-0.4, -0.2) is 51.6 Å². The van der Waals surface area contributed by atoms with Gasteiger partial charge in [0.2, 0.25) is 11.9 Å². The number of hydrogen-bond donors (Lipinski definition) is 0. The van der Waals surface area contributed by atoms with E-state index in [0.717, 1.165) is 25.1 Å². The maximum absolute atomic E-state index is 13.0. The number of pyridine rings is 1. The molecule has 0 saturated carbocycles. The van der Waals surface area contributed by atoms with Gasteiger partial charge in [0.1, 0.15) is 0 Å². The van der Waals surface area contributed by atoms with E-state index in [4.69, 9.17) is 0 Å². The van der Waals surface area contributed by atoms with Gasteiger partial charge in [-0.05, 0) is 30.5 Å². The summed E-state index contributed by atoms with van der Waals surface area (Å²) in [5, 5.41) is 8.03. The molecule has 1 fully saturated rings. The van der Waals surface area contributed by atoms with E-state index >= 15 is 0 Å². The summed E-state index contributed by atoms with van der Waals surface area (Å²) in [5.74, 6) is 0.475. The molecule has 1 saturated heterocycles. The molecule has 1 aliphatic heterocycles. The van der Waals surface area contributed by atoms with Crippen molar-refractivity contribution in [1.82, 2.24) is 19.5 Å². The molecule has 0 N–H and O–H groups in total. The maximum atomic E-state index is 13.0. The van der Waals surface area contributed by atoms with Gasteiger partial charge >= 0.3 is 6.18 Å². The van der Waals surface area contributed by atoms with E-state index in [9.17, 15) is 18.0 Å². The highest BCUT2D eigenvalue weighted by atomic mass is 19.4. The highest BCUT2D eigenvalue weighted by Gasteiger charge is 2.32. The van der Waals surface area contributed by atoms with Gasteiger partial charge in [0.25, 0.3) is 0 Å². The second-order valence-electron chi connectivity index (χ2n) is 7.35. The van der Waals surface area contributed by atoms with Gasteiger partial charge in [-0.3, -0.25) is 9.20 Å². The number of piperazine rings is 1. The number of nitrogens with zero attached hydrogens (tertiary/aromatic N) is 5. The standard InChI is InChI=1S/C21H22F3N5O/c22-21(23,24)17-9-10-18-25-26-20(29(18)15-17)28-13-11-27(12-14-28)19(30)8-4-7-16-5-2-1-3-6-16/h1-3,5-6,9-10,15H,4,7-8,11-14H2. The number of halogens is 3. The molecular weight excluding hydrogens is 395 g/mol. The van der Waals surface area contributed by atoms with Gasteiger partial charge in [-0.2, -0.15) is 13.2 Å². The van der Waals surface area contributed by atoms with E-state index in [1.807, 2.05) is 28.0 Å². The molecule has 4 rings (SSSR count). The van der Waals surface area contributed by atoms with Crippen LogP contribution in [-0.2, 0) is 17.4 Å². The molecule has 0 bridgehead atoms. The van der Waals surface area contributed by atoms with Crippen LogP contribution in [0.4, 0.5) is 19.1 Å². The zero-order valence-electron chi connectivity index (χ0n) is 16.3. The number of carbonyl (C=O) groups excluding carboxylic acids is 1. The second-order valence-corrected chi connectivity index (χ2v) is 7.35. The van der Waals surface area contributed by atoms with Crippen LogP contribution in [0, 0.1) is 0 Å². The summed E-state index contributed by atoms with van der Waals surface area (Å²) in [5.41, 5.74) is 0.827. The molecule has 1 aromatic carbocycles. The predicted molar refractivity (Wildman–Crippen MR) is 106 cm³/mol. The number of benzene rings is 1. The fraction of sp³-hybridized carbons (Fsp3) is 0.381. The maximum Gasteiger partial charge on any atom is 0.417 e. The van der Waals surface area contributed by atoms with Gasteiger partial charge in [-0.25, -0.2) is 0 Å². The largest absolute Gasteiger partial charge is 0.417 e. The Morgan fingerprint density at radius 1 is 0.967 bits per heavy atom. The van der Waals surface area contributed by atoms with E-state index < -0.39 is 11.7 Å². The summed E-state index contributed by atoms with van der Waals surface area (Å²) in [6.07, 6.45) is -1.28. The first-order valence-electron chi connectivity index (χ1n) is 9.90. The lowest BCUT2D eigenvalue weighted by atomic mass is 10.1. The van der Waals surface area contributed by atoms with Crippen LogP contribution in [0.15, 0.2) is 48.7 Å². The Kier molecular flexibility index (Phi) is 5.61. The highest BCUT2D eigenvalue weighted by molar-refractivity contribution is 5.76. The molecule has 30 heavy (non-hydrogen) atoms. The van der Waals surface area contributed by atoms with Crippen LogP contribution < -0.4 is 4.90 Å². The van der Waals surface area contributed by atoms with E-state index in [1.54, 1.807) is 0 Å². The molecule has 0 spiro atoms. The molecule has 2 aromatic heterocycles. The number of fused-ring (bicyclic) bond motifs is 1. The fourth-order valence-electron chi connectivity index (χ4n) is 3.66. The lowest BCUT2D eigenvalue weighted by Gasteiger charge is -2.34. The quantitative estimate of drug-likeness (QED) is 0.639. The molecule has 0 unspecified atom stereocenters. The first-order valence-corrected chi connectivity index (χ1v) is 9.90. The van der Waals surface area contributed by atoms with Crippen LogP contribution in [0.25, 0.3) is 5.65 Å². The minimum Gasteiger partial charge on any atom is -0.339 e. The summed E-state index contributed by atoms with van der Waals surface area (Å²) in [6, 6.07) is 12.4. The van der Waals surface area contributed by atoms with Gasteiger partial charge in [0, 0.05) is 38.8 Å². The Morgan fingerprint density at radius 3 is 2.40 bits per heavy atom. The van der Waals surface area contributed by atoms with Crippen molar-refractivity contribution in [3.8, 4) is 0 Å². The monoisotopic (exact) mass is 417 g/mol. The van der Waals surface area contributed by atoms with Gasteiger partial charge in [-0.1, -0.05) is 30.3 Å². The Balaban J connectivity index is 1.34. The number of alkyl halides is 3. The van der Waals surface area contributed by atoms with Gasteiger partial charge in [0.15, 0.2) is 5.65 Å². The first kappa shape index (κ1) is 20.2. The topological polar surface area (TPSA) is 53.7 Å². The van der Waals surface area contributed by atoms with E-state index in [-0.39, 0.29) is 5.91 Å². The van der Waals surface area contributed by atoms with Crippen molar-refractivity contribution in [3.05, 3.63) is 59.8 Å². The van der Waals surface area contributed by atoms with Crippen molar-refractivity contribution < 1.29 is 18.0 Å². The van der Waals surface area contributed by atoms with Crippen LogP contribution >= 0.6 is 0 Å². The Morgan fingerprint density at radius 2 is 1.70 bits per heavy atom. The van der Waals surface area contributed by atoms with Crippen LogP contribution in [0.3, 0.4) is 0 Å². The molecule has 0 radical (unpaired) electrons. The minimum atomic E-state index is -4.43. The summed E-state index contributed by atoms with van der Waals surface area (Å²) in [4.78, 5) is 16.2. The van der Waals surface area contributed by atoms with E-state index in [1.165, 1.54) is 16.0 Å². The highest BCUT2D eigenvalue weighted by Crippen LogP contribution is 2.30.